The second kappa shape index (κ2) is 7.53. The lowest BCUT2D eigenvalue weighted by atomic mass is 10.1. The Morgan fingerprint density at radius 3 is 2.57 bits per heavy atom. The first-order chi connectivity index (χ1) is 9.64. The number of rotatable bonds is 7. The number of ether oxygens (including phenoxy) is 2. The summed E-state index contributed by atoms with van der Waals surface area (Å²) in [5.74, 6) is -0.432. The average molecular weight is 322 g/mol. The van der Waals surface area contributed by atoms with E-state index < -0.39 is 21.7 Å². The number of esters is 1. The molecule has 0 amide bonds. The number of nitrogens with zero attached hydrogens (tertiary/aromatic N) is 1. The van der Waals surface area contributed by atoms with Crippen LogP contribution in [0.5, 0.6) is 0 Å². The highest BCUT2D eigenvalue weighted by Crippen LogP contribution is 2.16. The lowest BCUT2D eigenvalue weighted by Gasteiger charge is -2.29. The van der Waals surface area contributed by atoms with Crippen LogP contribution in [0.15, 0.2) is 0 Å². The highest BCUT2D eigenvalue weighted by Gasteiger charge is 2.30. The summed E-state index contributed by atoms with van der Waals surface area (Å²) in [6, 6.07) is 0. The van der Waals surface area contributed by atoms with E-state index in [1.807, 2.05) is 0 Å². The zero-order valence-corrected chi connectivity index (χ0v) is 14.0. The number of nitrogens with one attached hydrogen (secondary N) is 1. The van der Waals surface area contributed by atoms with Crippen molar-refractivity contribution in [2.75, 3.05) is 26.8 Å². The molecule has 0 aromatic carbocycles. The van der Waals surface area contributed by atoms with Crippen molar-refractivity contribution in [1.29, 1.82) is 0 Å². The lowest BCUT2D eigenvalue weighted by Crippen LogP contribution is -2.51. The van der Waals surface area contributed by atoms with Gasteiger partial charge in [-0.3, -0.25) is 4.79 Å². The minimum absolute atomic E-state index is 0.0221. The summed E-state index contributed by atoms with van der Waals surface area (Å²) in [6.07, 6.45) is 1.68. The fraction of sp³-hybridized carbons (Fsp3) is 0.923. The Morgan fingerprint density at radius 2 is 2.10 bits per heavy atom. The molecular formula is C13H26N2O5S. The van der Waals surface area contributed by atoms with Crippen LogP contribution >= 0.6 is 0 Å². The number of hydrogen-bond acceptors (Lipinski definition) is 5. The van der Waals surface area contributed by atoms with Crippen molar-refractivity contribution in [3.8, 4) is 0 Å². The van der Waals surface area contributed by atoms with Gasteiger partial charge < -0.3 is 9.47 Å². The Morgan fingerprint density at radius 1 is 1.43 bits per heavy atom. The van der Waals surface area contributed by atoms with Gasteiger partial charge in [-0.05, 0) is 33.6 Å². The zero-order valence-electron chi connectivity index (χ0n) is 13.2. The van der Waals surface area contributed by atoms with Gasteiger partial charge in [-0.1, -0.05) is 0 Å². The van der Waals surface area contributed by atoms with Gasteiger partial charge in [0.25, 0.3) is 10.2 Å². The van der Waals surface area contributed by atoms with Gasteiger partial charge in [-0.25, -0.2) is 0 Å². The summed E-state index contributed by atoms with van der Waals surface area (Å²) in [4.78, 5) is 11.3. The molecule has 1 fully saturated rings. The predicted octanol–water partition coefficient (Wildman–Crippen LogP) is 0.663. The van der Waals surface area contributed by atoms with Gasteiger partial charge in [0.05, 0.1) is 19.6 Å². The van der Waals surface area contributed by atoms with E-state index in [9.17, 15) is 13.2 Å². The molecule has 0 aliphatic carbocycles. The van der Waals surface area contributed by atoms with Crippen LogP contribution < -0.4 is 4.72 Å². The first-order valence-electron chi connectivity index (χ1n) is 7.11. The molecule has 1 aliphatic heterocycles. The molecular weight excluding hydrogens is 296 g/mol. The Balaban J connectivity index is 2.75. The maximum Gasteiger partial charge on any atom is 0.306 e. The first kappa shape index (κ1) is 18.3. The van der Waals surface area contributed by atoms with Crippen LogP contribution in [-0.2, 0) is 24.5 Å². The van der Waals surface area contributed by atoms with Crippen molar-refractivity contribution in [3.63, 3.8) is 0 Å². The molecule has 21 heavy (non-hydrogen) atoms. The molecule has 0 saturated carbocycles. The topological polar surface area (TPSA) is 84.9 Å². The van der Waals surface area contributed by atoms with Crippen molar-refractivity contribution in [2.24, 2.45) is 0 Å². The maximum atomic E-state index is 12.4. The molecule has 1 heterocycles. The van der Waals surface area contributed by atoms with E-state index in [1.165, 1.54) is 11.4 Å². The van der Waals surface area contributed by atoms with Crippen molar-refractivity contribution >= 4 is 16.2 Å². The van der Waals surface area contributed by atoms with Crippen LogP contribution in [0, 0.1) is 0 Å². The molecule has 1 saturated heterocycles. The normalized spacial score (nSPS) is 20.0. The SMILES string of the molecule is COC(=O)CCN(CC1CCCO1)S(=O)(=O)NC(C)(C)C. The maximum absolute atomic E-state index is 12.4. The molecule has 1 unspecified atom stereocenters. The second-order valence-corrected chi connectivity index (χ2v) is 7.85. The predicted molar refractivity (Wildman–Crippen MR) is 79.0 cm³/mol. The number of methoxy groups -OCH3 is 1. The highest BCUT2D eigenvalue weighted by molar-refractivity contribution is 7.87. The second-order valence-electron chi connectivity index (χ2n) is 6.18. The van der Waals surface area contributed by atoms with E-state index in [4.69, 9.17) is 4.74 Å². The average Bonchev–Trinajstić information content (AvgIpc) is 2.83. The molecule has 1 aliphatic rings. The Bertz CT molecular complexity index is 438. The standard InChI is InChI=1S/C13H26N2O5S/c1-13(2,3)14-21(17,18)15(8-7-12(16)19-4)10-11-6-5-9-20-11/h11,14H,5-10H2,1-4H3. The molecule has 0 bridgehead atoms. The van der Waals surface area contributed by atoms with Gasteiger partial charge in [-0.15, -0.1) is 0 Å². The van der Waals surface area contributed by atoms with Gasteiger partial charge in [0.2, 0.25) is 0 Å². The van der Waals surface area contributed by atoms with E-state index in [-0.39, 0.29) is 25.6 Å². The van der Waals surface area contributed by atoms with Crippen molar-refractivity contribution in [2.45, 2.75) is 51.7 Å². The molecule has 1 rings (SSSR count). The molecule has 0 aromatic heterocycles. The van der Waals surface area contributed by atoms with Crippen LogP contribution in [0.4, 0.5) is 0 Å². The van der Waals surface area contributed by atoms with Crippen LogP contribution in [0.1, 0.15) is 40.0 Å². The molecule has 7 nitrogen and oxygen atoms in total. The number of hydrogen-bond donors (Lipinski definition) is 1. The third-order valence-electron chi connectivity index (χ3n) is 3.00. The summed E-state index contributed by atoms with van der Waals surface area (Å²) in [5, 5.41) is 0. The molecule has 124 valence electrons. The molecule has 1 atom stereocenters. The van der Waals surface area contributed by atoms with E-state index in [0.29, 0.717) is 6.61 Å². The van der Waals surface area contributed by atoms with Gasteiger partial charge in [-0.2, -0.15) is 17.4 Å². The van der Waals surface area contributed by atoms with Gasteiger partial charge in [0.15, 0.2) is 0 Å². The van der Waals surface area contributed by atoms with Gasteiger partial charge in [0.1, 0.15) is 0 Å². The van der Waals surface area contributed by atoms with Crippen LogP contribution in [-0.4, -0.2) is 57.1 Å². The summed E-state index contributed by atoms with van der Waals surface area (Å²) in [5.41, 5.74) is -0.584. The van der Waals surface area contributed by atoms with Crippen LogP contribution in [0.25, 0.3) is 0 Å². The molecule has 8 heteroatoms. The summed E-state index contributed by atoms with van der Waals surface area (Å²) in [6.45, 7) is 6.31. The van der Waals surface area contributed by atoms with E-state index >= 15 is 0 Å². The molecule has 0 spiro atoms. The summed E-state index contributed by atoms with van der Waals surface area (Å²) in [7, 11) is -2.39. The largest absolute Gasteiger partial charge is 0.469 e. The fourth-order valence-electron chi connectivity index (χ4n) is 2.09. The van der Waals surface area contributed by atoms with Crippen LogP contribution in [0.3, 0.4) is 0 Å². The first-order valence-corrected chi connectivity index (χ1v) is 8.55. The van der Waals surface area contributed by atoms with Gasteiger partial charge in [0, 0.05) is 25.2 Å². The van der Waals surface area contributed by atoms with Crippen LogP contribution in [0.2, 0.25) is 0 Å². The molecule has 0 radical (unpaired) electrons. The molecule has 1 N–H and O–H groups in total. The number of carbonyl (C=O) groups excluding carboxylic acids is 1. The Hall–Kier alpha value is -0.700. The van der Waals surface area contributed by atoms with Gasteiger partial charge >= 0.3 is 5.97 Å². The minimum Gasteiger partial charge on any atom is -0.469 e. The van der Waals surface area contributed by atoms with Crippen molar-refractivity contribution in [1.82, 2.24) is 9.03 Å². The lowest BCUT2D eigenvalue weighted by molar-refractivity contribution is -0.140. The third kappa shape index (κ3) is 6.73. The summed E-state index contributed by atoms with van der Waals surface area (Å²) < 4.78 is 38.8. The van der Waals surface area contributed by atoms with E-state index in [2.05, 4.69) is 9.46 Å². The van der Waals surface area contributed by atoms with E-state index in [0.717, 1.165) is 12.8 Å². The molecule has 0 aromatic rings. The summed E-state index contributed by atoms with van der Waals surface area (Å²) >= 11 is 0. The van der Waals surface area contributed by atoms with Crippen molar-refractivity contribution < 1.29 is 22.7 Å². The Kier molecular flexibility index (Phi) is 6.58. The zero-order chi connectivity index (χ0) is 16.1. The van der Waals surface area contributed by atoms with Crippen molar-refractivity contribution in [3.05, 3.63) is 0 Å². The Labute approximate surface area is 127 Å². The fourth-order valence-corrected chi connectivity index (χ4v) is 3.69. The number of carbonyl (C=O) groups is 1. The smallest absolute Gasteiger partial charge is 0.306 e. The third-order valence-corrected chi connectivity index (χ3v) is 4.88. The monoisotopic (exact) mass is 322 g/mol. The minimum atomic E-state index is -3.68. The van der Waals surface area contributed by atoms with E-state index in [1.54, 1.807) is 20.8 Å². The highest BCUT2D eigenvalue weighted by atomic mass is 32.2. The quantitative estimate of drug-likeness (QED) is 0.696.